The van der Waals surface area contributed by atoms with Gasteiger partial charge in [-0.15, -0.1) is 0 Å². The Morgan fingerprint density at radius 3 is 2.35 bits per heavy atom. The van der Waals surface area contributed by atoms with E-state index in [1.54, 1.807) is 43.3 Å². The molecule has 6 heteroatoms. The minimum Gasteiger partial charge on any atom is -0.507 e. The van der Waals surface area contributed by atoms with Crippen LogP contribution in [0.2, 0.25) is 0 Å². The number of rotatable bonds is 4. The van der Waals surface area contributed by atoms with Crippen molar-refractivity contribution in [1.82, 2.24) is 0 Å². The zero-order valence-corrected chi connectivity index (χ0v) is 13.8. The number of ketones is 1. The maximum atomic E-state index is 12.8. The summed E-state index contributed by atoms with van der Waals surface area (Å²) in [7, 11) is 0. The van der Waals surface area contributed by atoms with E-state index in [1.807, 2.05) is 0 Å². The van der Waals surface area contributed by atoms with Gasteiger partial charge in [-0.05, 0) is 30.7 Å². The number of carbonyl (C=O) groups excluding carboxylic acids is 1. The molecular formula is C20H15NO5. The van der Waals surface area contributed by atoms with Crippen molar-refractivity contribution in [1.29, 1.82) is 0 Å². The molecule has 0 unspecified atom stereocenters. The number of phenolic OH excluding ortho intramolecular Hbond substituents is 2. The number of phenols is 2. The fourth-order valence-electron chi connectivity index (χ4n) is 2.71. The summed E-state index contributed by atoms with van der Waals surface area (Å²) in [5.74, 6) is -1.28. The first kappa shape index (κ1) is 17.2. The maximum Gasteiger partial charge on any atom is 0.312 e. The van der Waals surface area contributed by atoms with E-state index in [9.17, 15) is 25.1 Å². The van der Waals surface area contributed by atoms with Crippen LogP contribution in [0.1, 0.15) is 21.5 Å². The Morgan fingerprint density at radius 2 is 1.69 bits per heavy atom. The summed E-state index contributed by atoms with van der Waals surface area (Å²) in [5, 5.41) is 31.6. The third-order valence-electron chi connectivity index (χ3n) is 4.03. The SMILES string of the molecule is Cc1ccc(O)c(C(=O)c2cc(-c3ccccc3)c(O)c([N+](=O)[O-])c2)c1. The lowest BCUT2D eigenvalue weighted by Gasteiger charge is -2.10. The number of nitro benzene ring substituents is 1. The van der Waals surface area contributed by atoms with E-state index in [2.05, 4.69) is 0 Å². The third kappa shape index (κ3) is 3.12. The molecule has 6 nitrogen and oxygen atoms in total. The Bertz CT molecular complexity index is 1010. The van der Waals surface area contributed by atoms with Crippen LogP contribution < -0.4 is 0 Å². The molecule has 0 amide bonds. The van der Waals surface area contributed by atoms with E-state index in [0.717, 1.165) is 11.6 Å². The molecule has 3 aromatic rings. The number of aromatic hydroxyl groups is 2. The highest BCUT2D eigenvalue weighted by atomic mass is 16.6. The van der Waals surface area contributed by atoms with Crippen LogP contribution in [0.15, 0.2) is 60.7 Å². The van der Waals surface area contributed by atoms with Crippen molar-refractivity contribution in [2.24, 2.45) is 0 Å². The molecule has 0 aliphatic rings. The molecule has 0 bridgehead atoms. The lowest BCUT2D eigenvalue weighted by molar-refractivity contribution is -0.385. The zero-order chi connectivity index (χ0) is 18.8. The molecule has 2 N–H and O–H groups in total. The minimum atomic E-state index is -0.741. The molecular weight excluding hydrogens is 334 g/mol. The van der Waals surface area contributed by atoms with E-state index < -0.39 is 22.1 Å². The Morgan fingerprint density at radius 1 is 1.00 bits per heavy atom. The smallest absolute Gasteiger partial charge is 0.312 e. The standard InChI is InChI=1S/C20H15NO5/c1-12-7-8-18(22)16(9-12)19(23)14-10-15(13-5-3-2-4-6-13)20(24)17(11-14)21(25)26/h2-11,22,24H,1H3. The largest absolute Gasteiger partial charge is 0.507 e. The Kier molecular flexibility index (Phi) is 4.41. The van der Waals surface area contributed by atoms with Gasteiger partial charge in [-0.2, -0.15) is 0 Å². The molecule has 0 fully saturated rings. The number of hydrogen-bond acceptors (Lipinski definition) is 5. The summed E-state index contributed by atoms with van der Waals surface area (Å²) < 4.78 is 0. The zero-order valence-electron chi connectivity index (χ0n) is 13.8. The summed E-state index contributed by atoms with van der Waals surface area (Å²) in [6.07, 6.45) is 0. The normalized spacial score (nSPS) is 10.5. The van der Waals surface area contributed by atoms with Crippen molar-refractivity contribution in [2.45, 2.75) is 6.92 Å². The van der Waals surface area contributed by atoms with E-state index in [-0.39, 0.29) is 22.4 Å². The van der Waals surface area contributed by atoms with Crippen LogP contribution in [-0.4, -0.2) is 20.9 Å². The second-order valence-electron chi connectivity index (χ2n) is 5.86. The fraction of sp³-hybridized carbons (Fsp3) is 0.0500. The molecule has 0 saturated heterocycles. The molecule has 0 aromatic heterocycles. The van der Waals surface area contributed by atoms with Gasteiger partial charge in [-0.25, -0.2) is 0 Å². The first-order valence-corrected chi connectivity index (χ1v) is 7.79. The Balaban J connectivity index is 2.22. The first-order valence-electron chi connectivity index (χ1n) is 7.79. The van der Waals surface area contributed by atoms with Gasteiger partial charge in [0.15, 0.2) is 5.78 Å². The molecule has 26 heavy (non-hydrogen) atoms. The number of aryl methyl sites for hydroxylation is 1. The summed E-state index contributed by atoms with van der Waals surface area (Å²) in [6, 6.07) is 15.6. The average molecular weight is 349 g/mol. The van der Waals surface area contributed by atoms with Crippen molar-refractivity contribution in [3.05, 3.63) is 87.5 Å². The van der Waals surface area contributed by atoms with Crippen molar-refractivity contribution in [3.8, 4) is 22.6 Å². The maximum absolute atomic E-state index is 12.8. The van der Waals surface area contributed by atoms with Gasteiger partial charge in [0, 0.05) is 17.2 Å². The molecule has 0 aliphatic carbocycles. The molecule has 0 saturated carbocycles. The second kappa shape index (κ2) is 6.68. The van der Waals surface area contributed by atoms with Crippen molar-refractivity contribution < 1.29 is 19.9 Å². The summed E-state index contributed by atoms with van der Waals surface area (Å²) in [6.45, 7) is 1.77. The summed E-state index contributed by atoms with van der Waals surface area (Å²) >= 11 is 0. The fourth-order valence-corrected chi connectivity index (χ4v) is 2.71. The minimum absolute atomic E-state index is 0.00857. The predicted molar refractivity (Wildman–Crippen MR) is 96.5 cm³/mol. The van der Waals surface area contributed by atoms with Gasteiger partial charge in [0.1, 0.15) is 5.75 Å². The Hall–Kier alpha value is -3.67. The van der Waals surface area contributed by atoms with Gasteiger partial charge in [-0.3, -0.25) is 14.9 Å². The molecule has 0 aliphatic heterocycles. The van der Waals surface area contributed by atoms with Gasteiger partial charge < -0.3 is 10.2 Å². The van der Waals surface area contributed by atoms with Crippen LogP contribution >= 0.6 is 0 Å². The second-order valence-corrected chi connectivity index (χ2v) is 5.86. The number of carbonyl (C=O) groups is 1. The van der Waals surface area contributed by atoms with Crippen LogP contribution in [-0.2, 0) is 0 Å². The molecule has 130 valence electrons. The number of nitro groups is 1. The van der Waals surface area contributed by atoms with Crippen LogP contribution in [0.3, 0.4) is 0 Å². The van der Waals surface area contributed by atoms with E-state index in [0.29, 0.717) is 5.56 Å². The summed E-state index contributed by atoms with van der Waals surface area (Å²) in [5.41, 5.74) is 0.967. The molecule has 3 rings (SSSR count). The molecule has 0 spiro atoms. The number of nitrogens with zero attached hydrogens (tertiary/aromatic N) is 1. The lowest BCUT2D eigenvalue weighted by Crippen LogP contribution is -2.04. The average Bonchev–Trinajstić information content (AvgIpc) is 2.64. The summed E-state index contributed by atoms with van der Waals surface area (Å²) in [4.78, 5) is 23.4. The highest BCUT2D eigenvalue weighted by Gasteiger charge is 2.24. The predicted octanol–water partition coefficient (Wildman–Crippen LogP) is 4.21. The van der Waals surface area contributed by atoms with Gasteiger partial charge in [0.05, 0.1) is 10.5 Å². The third-order valence-corrected chi connectivity index (χ3v) is 4.03. The molecule has 0 atom stereocenters. The van der Waals surface area contributed by atoms with E-state index in [4.69, 9.17) is 0 Å². The van der Waals surface area contributed by atoms with E-state index >= 15 is 0 Å². The first-order chi connectivity index (χ1) is 12.4. The van der Waals surface area contributed by atoms with Crippen LogP contribution in [0, 0.1) is 17.0 Å². The van der Waals surface area contributed by atoms with Gasteiger partial charge in [-0.1, -0.05) is 42.0 Å². The molecule has 0 heterocycles. The van der Waals surface area contributed by atoms with E-state index in [1.165, 1.54) is 18.2 Å². The van der Waals surface area contributed by atoms with Crippen molar-refractivity contribution in [3.63, 3.8) is 0 Å². The van der Waals surface area contributed by atoms with Crippen molar-refractivity contribution >= 4 is 11.5 Å². The van der Waals surface area contributed by atoms with Gasteiger partial charge in [0.25, 0.3) is 0 Å². The highest BCUT2D eigenvalue weighted by molar-refractivity contribution is 6.12. The highest BCUT2D eigenvalue weighted by Crippen LogP contribution is 2.39. The van der Waals surface area contributed by atoms with Gasteiger partial charge in [0.2, 0.25) is 5.75 Å². The van der Waals surface area contributed by atoms with Crippen LogP contribution in [0.25, 0.3) is 11.1 Å². The number of benzene rings is 3. The van der Waals surface area contributed by atoms with Gasteiger partial charge >= 0.3 is 5.69 Å². The van der Waals surface area contributed by atoms with Crippen LogP contribution in [0.4, 0.5) is 5.69 Å². The lowest BCUT2D eigenvalue weighted by atomic mass is 9.95. The number of hydrogen-bond donors (Lipinski definition) is 2. The van der Waals surface area contributed by atoms with Crippen LogP contribution in [0.5, 0.6) is 11.5 Å². The van der Waals surface area contributed by atoms with Crippen molar-refractivity contribution in [2.75, 3.05) is 0 Å². The molecule has 3 aromatic carbocycles. The quantitative estimate of drug-likeness (QED) is 0.417. The topological polar surface area (TPSA) is 101 Å². The Labute approximate surface area is 149 Å². The molecule has 0 radical (unpaired) electrons. The monoisotopic (exact) mass is 349 g/mol.